The van der Waals surface area contributed by atoms with Crippen LogP contribution < -0.4 is 5.32 Å². The maximum absolute atomic E-state index is 10.9. The van der Waals surface area contributed by atoms with Crippen molar-refractivity contribution in [1.29, 1.82) is 0 Å². The summed E-state index contributed by atoms with van der Waals surface area (Å²) in [5.41, 5.74) is 0. The number of methoxy groups -OCH3 is 1. The second-order valence-corrected chi connectivity index (χ2v) is 4.38. The van der Waals surface area contributed by atoms with Gasteiger partial charge >= 0.3 is 5.97 Å². The minimum Gasteiger partial charge on any atom is -0.469 e. The van der Waals surface area contributed by atoms with Gasteiger partial charge in [-0.2, -0.15) is 0 Å². The number of hydrogen-bond donors (Lipinski definition) is 1. The molecule has 0 amide bonds. The smallest absolute Gasteiger partial charge is 0.305 e. The quantitative estimate of drug-likeness (QED) is 0.462. The molecule has 1 N–H and O–H groups in total. The van der Waals surface area contributed by atoms with Gasteiger partial charge < -0.3 is 10.1 Å². The molecule has 0 rings (SSSR count). The lowest BCUT2D eigenvalue weighted by Crippen LogP contribution is -2.27. The number of esters is 1. The van der Waals surface area contributed by atoms with Gasteiger partial charge in [-0.15, -0.1) is 0 Å². The highest BCUT2D eigenvalue weighted by atomic mass is 16.5. The number of ether oxygens (including phenoxy) is 1. The van der Waals surface area contributed by atoms with Crippen molar-refractivity contribution < 1.29 is 9.53 Å². The molecule has 0 bridgehead atoms. The molecule has 0 saturated heterocycles. The Morgan fingerprint density at radius 1 is 1.25 bits per heavy atom. The molecule has 3 heteroatoms. The Morgan fingerprint density at radius 2 is 2.00 bits per heavy atom. The van der Waals surface area contributed by atoms with Crippen molar-refractivity contribution >= 4 is 5.97 Å². The van der Waals surface area contributed by atoms with Gasteiger partial charge in [-0.1, -0.05) is 32.6 Å². The lowest BCUT2D eigenvalue weighted by Gasteiger charge is -2.13. The number of nitrogens with one attached hydrogen (secondary N) is 1. The molecule has 0 aliphatic carbocycles. The van der Waals surface area contributed by atoms with Crippen molar-refractivity contribution in [2.75, 3.05) is 13.7 Å². The summed E-state index contributed by atoms with van der Waals surface area (Å²) in [4.78, 5) is 10.9. The van der Waals surface area contributed by atoms with Crippen LogP contribution in [0.3, 0.4) is 0 Å². The lowest BCUT2D eigenvalue weighted by atomic mass is 10.1. The summed E-state index contributed by atoms with van der Waals surface area (Å²) < 4.78 is 4.58. The van der Waals surface area contributed by atoms with E-state index in [4.69, 9.17) is 0 Å². The highest BCUT2D eigenvalue weighted by Gasteiger charge is 2.02. The zero-order chi connectivity index (χ0) is 12.2. The summed E-state index contributed by atoms with van der Waals surface area (Å²) in [5.74, 6) is -0.114. The fraction of sp³-hybridized carbons (Fsp3) is 0.923. The fourth-order valence-electron chi connectivity index (χ4n) is 1.66. The summed E-state index contributed by atoms with van der Waals surface area (Å²) in [6.07, 6.45) is 7.90. The van der Waals surface area contributed by atoms with E-state index in [-0.39, 0.29) is 5.97 Å². The molecule has 1 unspecified atom stereocenters. The van der Waals surface area contributed by atoms with Crippen molar-refractivity contribution in [3.05, 3.63) is 0 Å². The van der Waals surface area contributed by atoms with Crippen LogP contribution in [0.25, 0.3) is 0 Å². The number of carbonyl (C=O) groups excluding carboxylic acids is 1. The molecule has 0 aromatic carbocycles. The first-order valence-corrected chi connectivity index (χ1v) is 6.50. The van der Waals surface area contributed by atoms with Crippen LogP contribution in [0.1, 0.15) is 58.8 Å². The van der Waals surface area contributed by atoms with Crippen molar-refractivity contribution in [1.82, 2.24) is 5.32 Å². The standard InChI is InChI=1S/C13H27NO2/c1-4-5-6-7-9-12(2)14-11-8-10-13(15)16-3/h12,14H,4-11H2,1-3H3. The Morgan fingerprint density at radius 3 is 2.62 bits per heavy atom. The van der Waals surface area contributed by atoms with Gasteiger partial charge in [0.25, 0.3) is 0 Å². The van der Waals surface area contributed by atoms with Crippen LogP contribution in [0.15, 0.2) is 0 Å². The Hall–Kier alpha value is -0.570. The lowest BCUT2D eigenvalue weighted by molar-refractivity contribution is -0.140. The van der Waals surface area contributed by atoms with Gasteiger partial charge in [0.15, 0.2) is 0 Å². The van der Waals surface area contributed by atoms with Gasteiger partial charge in [0, 0.05) is 12.5 Å². The normalized spacial score (nSPS) is 12.4. The number of rotatable bonds is 10. The van der Waals surface area contributed by atoms with Gasteiger partial charge in [0.05, 0.1) is 7.11 Å². The van der Waals surface area contributed by atoms with E-state index in [1.54, 1.807) is 0 Å². The van der Waals surface area contributed by atoms with Crippen molar-refractivity contribution in [3.63, 3.8) is 0 Å². The first-order valence-electron chi connectivity index (χ1n) is 6.50. The van der Waals surface area contributed by atoms with Crippen molar-refractivity contribution in [3.8, 4) is 0 Å². The second kappa shape index (κ2) is 10.9. The predicted octanol–water partition coefficient (Wildman–Crippen LogP) is 2.89. The number of unbranched alkanes of at least 4 members (excludes halogenated alkanes) is 3. The molecule has 0 aromatic heterocycles. The third-order valence-electron chi connectivity index (χ3n) is 2.77. The Bertz CT molecular complexity index is 171. The topological polar surface area (TPSA) is 38.3 Å². The van der Waals surface area contributed by atoms with E-state index >= 15 is 0 Å². The molecule has 0 fully saturated rings. The van der Waals surface area contributed by atoms with Gasteiger partial charge in [0.1, 0.15) is 0 Å². The summed E-state index contributed by atoms with van der Waals surface area (Å²) in [7, 11) is 1.44. The predicted molar refractivity (Wildman–Crippen MR) is 67.5 cm³/mol. The van der Waals surface area contributed by atoms with Gasteiger partial charge in [-0.3, -0.25) is 4.79 Å². The van der Waals surface area contributed by atoms with E-state index in [1.807, 2.05) is 0 Å². The molecular formula is C13H27NO2. The third kappa shape index (κ3) is 9.97. The zero-order valence-corrected chi connectivity index (χ0v) is 11.1. The molecule has 16 heavy (non-hydrogen) atoms. The average molecular weight is 229 g/mol. The molecule has 0 aliphatic rings. The molecule has 0 saturated carbocycles. The van der Waals surface area contributed by atoms with Gasteiger partial charge in [-0.05, 0) is 26.3 Å². The van der Waals surface area contributed by atoms with Crippen LogP contribution in [0.5, 0.6) is 0 Å². The molecule has 0 heterocycles. The molecular weight excluding hydrogens is 202 g/mol. The zero-order valence-electron chi connectivity index (χ0n) is 11.1. The number of hydrogen-bond acceptors (Lipinski definition) is 3. The molecule has 0 radical (unpaired) electrons. The summed E-state index contributed by atoms with van der Waals surface area (Å²) in [5, 5.41) is 3.43. The summed E-state index contributed by atoms with van der Waals surface area (Å²) >= 11 is 0. The van der Waals surface area contributed by atoms with Gasteiger partial charge in [0.2, 0.25) is 0 Å². The molecule has 96 valence electrons. The first kappa shape index (κ1) is 15.4. The molecule has 0 spiro atoms. The third-order valence-corrected chi connectivity index (χ3v) is 2.77. The summed E-state index contributed by atoms with van der Waals surface area (Å²) in [6, 6.07) is 0.564. The van der Waals surface area contributed by atoms with Crippen LogP contribution in [0.4, 0.5) is 0 Å². The Labute approximate surface area is 99.9 Å². The molecule has 0 aliphatic heterocycles. The van der Waals surface area contributed by atoms with Crippen LogP contribution in [-0.2, 0) is 9.53 Å². The Kier molecular flexibility index (Phi) is 10.5. The van der Waals surface area contributed by atoms with E-state index < -0.39 is 0 Å². The minimum absolute atomic E-state index is 0.114. The minimum atomic E-state index is -0.114. The van der Waals surface area contributed by atoms with E-state index in [2.05, 4.69) is 23.9 Å². The summed E-state index contributed by atoms with van der Waals surface area (Å²) in [6.45, 7) is 5.35. The van der Waals surface area contributed by atoms with E-state index in [0.717, 1.165) is 13.0 Å². The number of carbonyl (C=O) groups is 1. The van der Waals surface area contributed by atoms with E-state index in [9.17, 15) is 4.79 Å². The fourth-order valence-corrected chi connectivity index (χ4v) is 1.66. The maximum atomic E-state index is 10.9. The van der Waals surface area contributed by atoms with Crippen LogP contribution in [0, 0.1) is 0 Å². The van der Waals surface area contributed by atoms with Crippen molar-refractivity contribution in [2.24, 2.45) is 0 Å². The molecule has 1 atom stereocenters. The SMILES string of the molecule is CCCCCCC(C)NCCCC(=O)OC. The van der Waals surface area contributed by atoms with E-state index in [0.29, 0.717) is 12.5 Å². The maximum Gasteiger partial charge on any atom is 0.305 e. The average Bonchev–Trinajstić information content (AvgIpc) is 2.30. The molecule has 3 nitrogen and oxygen atoms in total. The molecule has 0 aromatic rings. The first-order chi connectivity index (χ1) is 7.70. The highest BCUT2D eigenvalue weighted by Crippen LogP contribution is 2.05. The van der Waals surface area contributed by atoms with Gasteiger partial charge in [-0.25, -0.2) is 0 Å². The second-order valence-electron chi connectivity index (χ2n) is 4.38. The Balaban J connectivity index is 3.23. The largest absolute Gasteiger partial charge is 0.469 e. The van der Waals surface area contributed by atoms with Crippen molar-refractivity contribution in [2.45, 2.75) is 64.8 Å². The van der Waals surface area contributed by atoms with Crippen LogP contribution in [0.2, 0.25) is 0 Å². The monoisotopic (exact) mass is 229 g/mol. The van der Waals surface area contributed by atoms with Crippen LogP contribution in [-0.4, -0.2) is 25.7 Å². The highest BCUT2D eigenvalue weighted by molar-refractivity contribution is 5.69. The van der Waals surface area contributed by atoms with Crippen LogP contribution >= 0.6 is 0 Å². The van der Waals surface area contributed by atoms with E-state index in [1.165, 1.54) is 39.2 Å².